The van der Waals surface area contributed by atoms with Crippen LogP contribution in [0.5, 0.6) is 11.5 Å². The third-order valence-electron chi connectivity index (χ3n) is 3.67. The monoisotopic (exact) mass is 344 g/mol. The van der Waals surface area contributed by atoms with Crippen LogP contribution in [0.3, 0.4) is 0 Å². The highest BCUT2D eigenvalue weighted by Gasteiger charge is 2.18. The number of carbonyl (C=O) groups is 2. The number of hydrogen-bond donors (Lipinski definition) is 0. The minimum Gasteiger partial charge on any atom is -0.493 e. The van der Waals surface area contributed by atoms with E-state index in [4.69, 9.17) is 9.47 Å². The fourth-order valence-electron chi connectivity index (χ4n) is 2.43. The van der Waals surface area contributed by atoms with Crippen molar-refractivity contribution in [2.75, 3.05) is 7.11 Å². The topological polar surface area (TPSA) is 70.4 Å². The number of ether oxygens (including phenoxy) is 2. The normalized spacial score (nSPS) is 10.8. The van der Waals surface area contributed by atoms with Crippen LogP contribution in [-0.4, -0.2) is 28.6 Å². The van der Waals surface area contributed by atoms with Gasteiger partial charge in [-0.3, -0.25) is 9.48 Å². The van der Waals surface area contributed by atoms with Crippen LogP contribution in [0, 0.1) is 6.92 Å². The Morgan fingerprint density at radius 2 is 1.96 bits per heavy atom. The summed E-state index contributed by atoms with van der Waals surface area (Å²) < 4.78 is 12.4. The van der Waals surface area contributed by atoms with Gasteiger partial charge in [0.2, 0.25) is 0 Å². The third kappa shape index (κ3) is 2.78. The molecule has 0 fully saturated rings. The second-order valence-electron chi connectivity index (χ2n) is 5.35. The maximum absolute atomic E-state index is 12.4. The highest BCUT2D eigenvalue weighted by molar-refractivity contribution is 7.20. The zero-order valence-corrected chi connectivity index (χ0v) is 14.6. The Bertz CT molecular complexity index is 921. The van der Waals surface area contributed by atoms with Crippen molar-refractivity contribution in [3.8, 4) is 11.5 Å². The summed E-state index contributed by atoms with van der Waals surface area (Å²) in [5, 5.41) is 5.25. The van der Waals surface area contributed by atoms with Gasteiger partial charge in [-0.05, 0) is 38.1 Å². The molecule has 0 spiro atoms. The van der Waals surface area contributed by atoms with Gasteiger partial charge >= 0.3 is 5.97 Å². The van der Waals surface area contributed by atoms with E-state index in [-0.39, 0.29) is 11.5 Å². The molecule has 0 aliphatic heterocycles. The van der Waals surface area contributed by atoms with Crippen molar-refractivity contribution in [3.05, 3.63) is 40.4 Å². The average molecular weight is 344 g/mol. The molecule has 0 aliphatic carbocycles. The molecule has 6 nitrogen and oxygen atoms in total. The van der Waals surface area contributed by atoms with Gasteiger partial charge in [0, 0.05) is 18.0 Å². The average Bonchev–Trinajstić information content (AvgIpc) is 3.09. The van der Waals surface area contributed by atoms with Crippen LogP contribution in [0.1, 0.15) is 32.6 Å². The third-order valence-corrected chi connectivity index (χ3v) is 4.85. The van der Waals surface area contributed by atoms with E-state index < -0.39 is 5.97 Å². The van der Waals surface area contributed by atoms with E-state index in [1.807, 2.05) is 14.0 Å². The molecule has 24 heavy (non-hydrogen) atoms. The Hall–Kier alpha value is -2.67. The summed E-state index contributed by atoms with van der Waals surface area (Å²) in [6.07, 6.45) is 0. The molecule has 0 atom stereocenters. The van der Waals surface area contributed by atoms with Crippen LogP contribution in [0.4, 0.5) is 0 Å². The Morgan fingerprint density at radius 3 is 2.58 bits per heavy atom. The summed E-state index contributed by atoms with van der Waals surface area (Å²) >= 11 is 1.32. The van der Waals surface area contributed by atoms with Crippen LogP contribution >= 0.6 is 11.3 Å². The van der Waals surface area contributed by atoms with Crippen LogP contribution in [0.15, 0.2) is 24.3 Å². The number of aromatic nitrogens is 2. The van der Waals surface area contributed by atoms with E-state index in [0.29, 0.717) is 16.2 Å². The summed E-state index contributed by atoms with van der Waals surface area (Å²) in [5.74, 6) is 0.0675. The van der Waals surface area contributed by atoms with E-state index >= 15 is 0 Å². The molecule has 0 saturated carbocycles. The van der Waals surface area contributed by atoms with Crippen molar-refractivity contribution < 1.29 is 19.1 Å². The molecule has 0 saturated heterocycles. The number of nitrogens with zero attached hydrogens (tertiary/aromatic N) is 2. The summed E-state index contributed by atoms with van der Waals surface area (Å²) in [6, 6.07) is 6.51. The van der Waals surface area contributed by atoms with Crippen molar-refractivity contribution in [1.82, 2.24) is 9.78 Å². The van der Waals surface area contributed by atoms with Gasteiger partial charge < -0.3 is 9.47 Å². The zero-order chi connectivity index (χ0) is 17.4. The minimum absolute atomic E-state index is 0.0846. The first kappa shape index (κ1) is 16.2. The van der Waals surface area contributed by atoms with Gasteiger partial charge in [0.1, 0.15) is 9.71 Å². The van der Waals surface area contributed by atoms with E-state index in [0.717, 1.165) is 15.9 Å². The van der Waals surface area contributed by atoms with Crippen molar-refractivity contribution in [3.63, 3.8) is 0 Å². The van der Waals surface area contributed by atoms with Gasteiger partial charge in [-0.25, -0.2) is 4.79 Å². The Kier molecular flexibility index (Phi) is 4.11. The molecule has 0 aliphatic rings. The van der Waals surface area contributed by atoms with E-state index in [1.165, 1.54) is 25.4 Å². The quantitative estimate of drug-likeness (QED) is 0.412. The first-order valence-electron chi connectivity index (χ1n) is 7.25. The van der Waals surface area contributed by atoms with Crippen molar-refractivity contribution in [2.45, 2.75) is 13.8 Å². The summed E-state index contributed by atoms with van der Waals surface area (Å²) in [6.45, 7) is 3.36. The minimum atomic E-state index is -0.468. The summed E-state index contributed by atoms with van der Waals surface area (Å²) in [7, 11) is 3.30. The molecule has 3 rings (SSSR count). The van der Waals surface area contributed by atoms with E-state index in [2.05, 4.69) is 5.10 Å². The molecule has 3 aromatic rings. The lowest BCUT2D eigenvalue weighted by Crippen LogP contribution is -2.08. The number of aryl methyl sites for hydroxylation is 2. The number of hydrogen-bond acceptors (Lipinski definition) is 6. The smallest absolute Gasteiger partial charge is 0.353 e. The standard InChI is InChI=1S/C17H16N2O4S/c1-9-12-8-15(24-16(12)19(3)18-9)17(21)23-13-6-5-11(10(2)20)7-14(13)22-4/h5-8H,1-4H3. The van der Waals surface area contributed by atoms with Crippen molar-refractivity contribution in [2.24, 2.45) is 7.05 Å². The number of thiophene rings is 1. The predicted molar refractivity (Wildman–Crippen MR) is 91.3 cm³/mol. The second kappa shape index (κ2) is 6.09. The van der Waals surface area contributed by atoms with E-state index in [9.17, 15) is 9.59 Å². The SMILES string of the molecule is COc1cc(C(C)=O)ccc1OC(=O)c1cc2c(C)nn(C)c2s1. The van der Waals surface area contributed by atoms with Crippen molar-refractivity contribution >= 4 is 33.3 Å². The molecule has 0 N–H and O–H groups in total. The fraction of sp³-hybridized carbons (Fsp3) is 0.235. The highest BCUT2D eigenvalue weighted by atomic mass is 32.1. The number of carbonyl (C=O) groups excluding carboxylic acids is 2. The summed E-state index contributed by atoms with van der Waals surface area (Å²) in [4.78, 5) is 25.3. The highest BCUT2D eigenvalue weighted by Crippen LogP contribution is 2.32. The molecule has 0 radical (unpaired) electrons. The Labute approximate surface area is 142 Å². The molecule has 7 heteroatoms. The lowest BCUT2D eigenvalue weighted by molar-refractivity contribution is 0.0735. The van der Waals surface area contributed by atoms with Gasteiger partial charge in [-0.2, -0.15) is 5.10 Å². The number of methoxy groups -OCH3 is 1. The Balaban J connectivity index is 1.90. The van der Waals surface area contributed by atoms with E-state index in [1.54, 1.807) is 28.9 Å². The number of esters is 1. The first-order valence-corrected chi connectivity index (χ1v) is 8.06. The number of ketones is 1. The van der Waals surface area contributed by atoms with Crippen LogP contribution in [-0.2, 0) is 7.05 Å². The van der Waals surface area contributed by atoms with Gasteiger partial charge in [0.25, 0.3) is 0 Å². The molecule has 2 aromatic heterocycles. The zero-order valence-electron chi connectivity index (χ0n) is 13.7. The number of Topliss-reactive ketones (excluding diaryl/α,β-unsaturated/α-hetero) is 1. The molecular weight excluding hydrogens is 328 g/mol. The largest absolute Gasteiger partial charge is 0.493 e. The van der Waals surface area contributed by atoms with Crippen molar-refractivity contribution in [1.29, 1.82) is 0 Å². The summed E-state index contributed by atoms with van der Waals surface area (Å²) in [5.41, 5.74) is 1.36. The molecule has 2 heterocycles. The first-order chi connectivity index (χ1) is 11.4. The van der Waals surface area contributed by atoms with Gasteiger partial charge in [-0.1, -0.05) is 0 Å². The number of rotatable bonds is 4. The molecule has 124 valence electrons. The van der Waals surface area contributed by atoms with Crippen LogP contribution in [0.25, 0.3) is 10.2 Å². The second-order valence-corrected chi connectivity index (χ2v) is 6.38. The predicted octanol–water partition coefficient (Wildman–Crippen LogP) is 3.37. The van der Waals surface area contributed by atoms with Gasteiger partial charge in [-0.15, -0.1) is 11.3 Å². The molecule has 1 aromatic carbocycles. The molecular formula is C17H16N2O4S. The molecule has 0 bridgehead atoms. The number of fused-ring (bicyclic) bond motifs is 1. The molecule has 0 unspecified atom stereocenters. The lowest BCUT2D eigenvalue weighted by atomic mass is 10.1. The van der Waals surface area contributed by atoms with Crippen LogP contribution in [0.2, 0.25) is 0 Å². The Morgan fingerprint density at radius 1 is 1.21 bits per heavy atom. The van der Waals surface area contributed by atoms with Gasteiger partial charge in [0.15, 0.2) is 17.3 Å². The fourth-order valence-corrected chi connectivity index (χ4v) is 3.43. The lowest BCUT2D eigenvalue weighted by Gasteiger charge is -2.09. The maximum atomic E-state index is 12.4. The van der Waals surface area contributed by atoms with Crippen LogP contribution < -0.4 is 9.47 Å². The molecule has 0 amide bonds. The number of benzene rings is 1. The maximum Gasteiger partial charge on any atom is 0.353 e. The van der Waals surface area contributed by atoms with Gasteiger partial charge in [0.05, 0.1) is 12.8 Å².